The number of hydrogen-bond acceptors (Lipinski definition) is 10. The quantitative estimate of drug-likeness (QED) is 0.418. The average Bonchev–Trinajstić information content (AvgIpc) is 3.06. The number of phenolic OH excluding ortho intramolecular Hbond substituents is 1. The van der Waals surface area contributed by atoms with Gasteiger partial charge in [0.1, 0.15) is 24.6 Å². The topological polar surface area (TPSA) is 138 Å². The Morgan fingerprint density at radius 1 is 1.25 bits per heavy atom. The fraction of sp³-hybridized carbons (Fsp3) is 0.400. The number of anilines is 2. The van der Waals surface area contributed by atoms with Gasteiger partial charge in [0.05, 0.1) is 10.2 Å². The van der Waals surface area contributed by atoms with Crippen LogP contribution in [0.1, 0.15) is 20.1 Å². The van der Waals surface area contributed by atoms with E-state index in [9.17, 15) is 19.5 Å². The fourth-order valence-electron chi connectivity index (χ4n) is 3.27. The molecule has 1 aromatic carbocycles. The molecule has 12 heteroatoms. The lowest BCUT2D eigenvalue weighted by Crippen LogP contribution is -2.40. The van der Waals surface area contributed by atoms with Crippen molar-refractivity contribution in [2.24, 2.45) is 0 Å². The van der Waals surface area contributed by atoms with E-state index >= 15 is 0 Å². The van der Waals surface area contributed by atoms with Gasteiger partial charge in [0.25, 0.3) is 0 Å². The molecule has 0 spiro atoms. The molecule has 172 valence electrons. The molecular weight excluding hydrogens is 490 g/mol. The predicted molar refractivity (Wildman–Crippen MR) is 114 cm³/mol. The molecule has 1 saturated heterocycles. The normalized spacial score (nSPS) is 22.4. The summed E-state index contributed by atoms with van der Waals surface area (Å²) >= 11 is 3.36. The van der Waals surface area contributed by atoms with Crippen LogP contribution < -0.4 is 11.0 Å². The van der Waals surface area contributed by atoms with Crippen LogP contribution in [0.4, 0.5) is 11.5 Å². The van der Waals surface area contributed by atoms with Gasteiger partial charge in [-0.2, -0.15) is 4.98 Å². The number of carbonyl (C=O) groups is 2. The van der Waals surface area contributed by atoms with Gasteiger partial charge in [-0.15, -0.1) is 0 Å². The molecule has 3 rings (SSSR count). The average molecular weight is 512 g/mol. The Labute approximate surface area is 191 Å². The summed E-state index contributed by atoms with van der Waals surface area (Å²) in [5.74, 6) is -0.953. The third-order valence-electron chi connectivity index (χ3n) is 4.65. The molecule has 0 aliphatic carbocycles. The van der Waals surface area contributed by atoms with Crippen LogP contribution >= 0.6 is 15.9 Å². The highest BCUT2D eigenvalue weighted by Gasteiger charge is 2.49. The molecule has 0 radical (unpaired) electrons. The molecule has 2 N–H and O–H groups in total. The standard InChI is InChI=1S/C20H22BrN3O8/c1-10(25)30-9-15-16(31-11(2)26)17(29-3)19(32-15)24-8-12(21)18(23-20(24)28)22-13-6-4-5-7-14(13)27/h4-8,15-17,19,27H,9H2,1-3H3,(H,22,23,28)/t15-,16?,17?,19-/m1/s1. The molecule has 0 amide bonds. The number of methoxy groups -OCH3 is 1. The highest BCUT2D eigenvalue weighted by molar-refractivity contribution is 9.10. The van der Waals surface area contributed by atoms with Gasteiger partial charge in [0.2, 0.25) is 0 Å². The van der Waals surface area contributed by atoms with Gasteiger partial charge in [-0.3, -0.25) is 14.2 Å². The van der Waals surface area contributed by atoms with Crippen LogP contribution in [-0.4, -0.2) is 58.6 Å². The second-order valence-electron chi connectivity index (χ2n) is 6.91. The van der Waals surface area contributed by atoms with E-state index in [2.05, 4.69) is 26.2 Å². The van der Waals surface area contributed by atoms with Gasteiger partial charge in [-0.1, -0.05) is 12.1 Å². The van der Waals surface area contributed by atoms with Crippen LogP contribution in [0, 0.1) is 0 Å². The lowest BCUT2D eigenvalue weighted by Gasteiger charge is -2.23. The Kier molecular flexibility index (Phi) is 7.48. The summed E-state index contributed by atoms with van der Waals surface area (Å²) in [6.07, 6.45) is -2.23. The second kappa shape index (κ2) is 10.1. The Bertz CT molecular complexity index is 1060. The van der Waals surface area contributed by atoms with Crippen LogP contribution in [0.15, 0.2) is 39.7 Å². The van der Waals surface area contributed by atoms with Crippen LogP contribution in [0.25, 0.3) is 0 Å². The maximum atomic E-state index is 12.8. The van der Waals surface area contributed by atoms with E-state index in [1.165, 1.54) is 37.8 Å². The van der Waals surface area contributed by atoms with Gasteiger partial charge in [0, 0.05) is 27.2 Å². The highest BCUT2D eigenvalue weighted by atomic mass is 79.9. The van der Waals surface area contributed by atoms with Crippen molar-refractivity contribution >= 4 is 39.4 Å². The van der Waals surface area contributed by atoms with E-state index < -0.39 is 42.2 Å². The number of nitrogens with one attached hydrogen (secondary N) is 1. The lowest BCUT2D eigenvalue weighted by molar-refractivity contribution is -0.157. The van der Waals surface area contributed by atoms with Crippen molar-refractivity contribution in [2.75, 3.05) is 19.0 Å². The molecule has 1 aliphatic heterocycles. The number of para-hydroxylation sites is 2. The maximum absolute atomic E-state index is 12.8. The Morgan fingerprint density at radius 3 is 2.59 bits per heavy atom. The smallest absolute Gasteiger partial charge is 0.351 e. The monoisotopic (exact) mass is 511 g/mol. The number of phenols is 1. The lowest BCUT2D eigenvalue weighted by atomic mass is 10.1. The molecule has 32 heavy (non-hydrogen) atoms. The number of aromatic hydroxyl groups is 1. The summed E-state index contributed by atoms with van der Waals surface area (Å²) in [6.45, 7) is 2.27. The molecule has 11 nitrogen and oxygen atoms in total. The zero-order chi connectivity index (χ0) is 23.4. The first kappa shape index (κ1) is 23.7. The summed E-state index contributed by atoms with van der Waals surface area (Å²) in [5, 5.41) is 12.8. The van der Waals surface area contributed by atoms with Gasteiger partial charge >= 0.3 is 17.6 Å². The predicted octanol–water partition coefficient (Wildman–Crippen LogP) is 1.86. The zero-order valence-electron chi connectivity index (χ0n) is 17.5. The first-order valence-corrected chi connectivity index (χ1v) is 10.3. The summed E-state index contributed by atoms with van der Waals surface area (Å²) in [6, 6.07) is 6.49. The van der Waals surface area contributed by atoms with Gasteiger partial charge in [0.15, 0.2) is 18.1 Å². The summed E-state index contributed by atoms with van der Waals surface area (Å²) in [4.78, 5) is 39.7. The molecule has 1 fully saturated rings. The van der Waals surface area contributed by atoms with Crippen molar-refractivity contribution in [1.29, 1.82) is 0 Å². The largest absolute Gasteiger partial charge is 0.506 e. The Morgan fingerprint density at radius 2 is 1.97 bits per heavy atom. The second-order valence-corrected chi connectivity index (χ2v) is 7.77. The SMILES string of the molecule is COC1C(OC(C)=O)[C@@H](COC(C)=O)O[C@H]1n1cc(Br)c(Nc2ccccc2O)nc1=O. The highest BCUT2D eigenvalue weighted by Crippen LogP contribution is 2.34. The van der Waals surface area contributed by atoms with Crippen LogP contribution in [0.5, 0.6) is 5.75 Å². The minimum Gasteiger partial charge on any atom is -0.506 e. The molecule has 2 aromatic rings. The number of ether oxygens (including phenoxy) is 4. The Hall–Kier alpha value is -2.96. The Balaban J connectivity index is 1.92. The van der Waals surface area contributed by atoms with Crippen molar-refractivity contribution in [1.82, 2.24) is 9.55 Å². The maximum Gasteiger partial charge on any atom is 0.351 e. The molecule has 2 unspecified atom stereocenters. The van der Waals surface area contributed by atoms with Gasteiger partial charge in [-0.25, -0.2) is 4.79 Å². The molecule has 0 saturated carbocycles. The van der Waals surface area contributed by atoms with Gasteiger partial charge in [-0.05, 0) is 28.1 Å². The van der Waals surface area contributed by atoms with Crippen molar-refractivity contribution in [3.63, 3.8) is 0 Å². The summed E-state index contributed by atoms with van der Waals surface area (Å²) in [7, 11) is 1.38. The number of halogens is 1. The number of benzene rings is 1. The minimum absolute atomic E-state index is 0.0125. The number of esters is 2. The number of carbonyl (C=O) groups excluding carboxylic acids is 2. The summed E-state index contributed by atoms with van der Waals surface area (Å²) < 4.78 is 23.3. The number of nitrogens with zero attached hydrogens (tertiary/aromatic N) is 2. The van der Waals surface area contributed by atoms with E-state index in [4.69, 9.17) is 18.9 Å². The van der Waals surface area contributed by atoms with Crippen LogP contribution in [-0.2, 0) is 28.5 Å². The summed E-state index contributed by atoms with van der Waals surface area (Å²) in [5.41, 5.74) is -0.325. The van der Waals surface area contributed by atoms with E-state index in [0.29, 0.717) is 10.2 Å². The third-order valence-corrected chi connectivity index (χ3v) is 5.23. The molecule has 4 atom stereocenters. The number of rotatable bonds is 7. The third kappa shape index (κ3) is 5.26. The van der Waals surface area contributed by atoms with Crippen LogP contribution in [0.3, 0.4) is 0 Å². The first-order chi connectivity index (χ1) is 15.2. The number of aromatic nitrogens is 2. The first-order valence-electron chi connectivity index (χ1n) is 9.53. The fourth-order valence-corrected chi connectivity index (χ4v) is 3.68. The van der Waals surface area contributed by atoms with E-state index in [-0.39, 0.29) is 18.2 Å². The molecule has 0 bridgehead atoms. The minimum atomic E-state index is -1.01. The van der Waals surface area contributed by atoms with Crippen LogP contribution in [0.2, 0.25) is 0 Å². The van der Waals surface area contributed by atoms with Crippen molar-refractivity contribution < 1.29 is 33.6 Å². The van der Waals surface area contributed by atoms with E-state index in [0.717, 1.165) is 0 Å². The van der Waals surface area contributed by atoms with Crippen molar-refractivity contribution in [2.45, 2.75) is 38.4 Å². The van der Waals surface area contributed by atoms with Gasteiger partial charge < -0.3 is 29.4 Å². The van der Waals surface area contributed by atoms with E-state index in [1.54, 1.807) is 18.2 Å². The molecule has 2 heterocycles. The molecular formula is C20H22BrN3O8. The molecule has 1 aromatic heterocycles. The van der Waals surface area contributed by atoms with E-state index in [1.807, 2.05) is 0 Å². The van der Waals surface area contributed by atoms with Crippen molar-refractivity contribution in [3.05, 3.63) is 45.4 Å². The molecule has 1 aliphatic rings. The van der Waals surface area contributed by atoms with Crippen molar-refractivity contribution in [3.8, 4) is 5.75 Å². The number of hydrogen-bond donors (Lipinski definition) is 2. The zero-order valence-corrected chi connectivity index (χ0v) is 19.1.